The number of hydrogen-bond donors (Lipinski definition) is 3. The standard InChI is InChI=1S/C19H11ClF3N7O3S/c1-30-13(18(32)33-29-30)10-7(5-24)15(26)28-17-11(10)12(25)14(34-17)16(31)27-9-4-6(19(21,22)23)2-3-8(9)20/h2-4H,1H3,(H5-,25,26,27,28,29,31,32). The zero-order valence-corrected chi connectivity index (χ0v) is 18.4. The number of hydrogen-bond acceptors (Lipinski definition) is 9. The molecule has 0 aliphatic heterocycles. The molecular weight excluding hydrogens is 499 g/mol. The summed E-state index contributed by atoms with van der Waals surface area (Å²) in [6.45, 7) is 0. The van der Waals surface area contributed by atoms with Crippen molar-refractivity contribution in [2.75, 3.05) is 11.5 Å². The lowest BCUT2D eigenvalue weighted by atomic mass is 10.0. The van der Waals surface area contributed by atoms with Crippen LogP contribution in [-0.4, -0.2) is 16.2 Å². The smallest absolute Gasteiger partial charge is 0.435 e. The van der Waals surface area contributed by atoms with E-state index in [2.05, 4.69) is 15.2 Å². The number of benzene rings is 1. The van der Waals surface area contributed by atoms with E-state index in [1.807, 2.05) is 6.07 Å². The van der Waals surface area contributed by atoms with Gasteiger partial charge in [-0.15, -0.1) is 11.3 Å². The zero-order valence-electron chi connectivity index (χ0n) is 16.8. The van der Waals surface area contributed by atoms with Crippen LogP contribution in [0, 0.1) is 11.3 Å². The predicted molar refractivity (Wildman–Crippen MR) is 115 cm³/mol. The van der Waals surface area contributed by atoms with Crippen LogP contribution in [0.2, 0.25) is 5.02 Å². The molecule has 34 heavy (non-hydrogen) atoms. The number of thiophene rings is 1. The molecule has 0 radical (unpaired) electrons. The maximum Gasteiger partial charge on any atom is 0.435 e. The van der Waals surface area contributed by atoms with Crippen molar-refractivity contribution in [2.45, 2.75) is 6.18 Å². The number of aliphatic imine (C=N–C) groups is 1. The number of aryl methyl sites for hydroxylation is 1. The highest BCUT2D eigenvalue weighted by Crippen LogP contribution is 2.41. The molecule has 0 saturated heterocycles. The molecule has 0 amide bonds. The lowest BCUT2D eigenvalue weighted by Crippen LogP contribution is -2.34. The van der Waals surface area contributed by atoms with Crippen molar-refractivity contribution in [1.82, 2.24) is 10.3 Å². The summed E-state index contributed by atoms with van der Waals surface area (Å²) < 4.78 is 45.1. The number of rotatable bonds is 3. The van der Waals surface area contributed by atoms with Crippen molar-refractivity contribution in [2.24, 2.45) is 12.0 Å². The Kier molecular flexibility index (Phi) is 5.46. The number of nitrogens with one attached hydrogen (secondary N) is 1. The first-order valence-corrected chi connectivity index (χ1v) is 10.3. The van der Waals surface area contributed by atoms with E-state index in [0.717, 1.165) is 23.5 Å². The second-order valence-corrected chi connectivity index (χ2v) is 8.26. The quantitative estimate of drug-likeness (QED) is 0.215. The molecule has 0 bridgehead atoms. The average molecular weight is 510 g/mol. The van der Waals surface area contributed by atoms with Gasteiger partial charge in [-0.3, -0.25) is 9.52 Å². The summed E-state index contributed by atoms with van der Waals surface area (Å²) in [6, 6.07) is 4.20. The molecule has 5 N–H and O–H groups in total. The van der Waals surface area contributed by atoms with Gasteiger partial charge in [-0.05, 0) is 23.5 Å². The van der Waals surface area contributed by atoms with Crippen LogP contribution in [-0.2, 0) is 13.2 Å². The predicted octanol–water partition coefficient (Wildman–Crippen LogP) is 2.22. The van der Waals surface area contributed by atoms with Gasteiger partial charge in [-0.2, -0.15) is 18.4 Å². The molecule has 174 valence electrons. The molecule has 4 aromatic rings. The Bertz CT molecular complexity index is 1600. The van der Waals surface area contributed by atoms with Gasteiger partial charge in [0.1, 0.15) is 22.3 Å². The monoisotopic (exact) mass is 509 g/mol. The SMILES string of the molecule is C[n+]1[nH]oc(=O)c1-c1c(C#N)c(N)nc2sc(C([O-])=Nc3cc(C(F)(F)F)ccc3Cl)c(N)c12. The molecule has 10 nitrogen and oxygen atoms in total. The van der Waals surface area contributed by atoms with Crippen LogP contribution in [0.3, 0.4) is 0 Å². The van der Waals surface area contributed by atoms with E-state index < -0.39 is 29.0 Å². The summed E-state index contributed by atoms with van der Waals surface area (Å²) in [4.78, 5) is 20.0. The van der Waals surface area contributed by atoms with Crippen LogP contribution >= 0.6 is 22.9 Å². The lowest BCUT2D eigenvalue weighted by Gasteiger charge is -2.12. The van der Waals surface area contributed by atoms with E-state index in [9.17, 15) is 28.3 Å². The number of pyridine rings is 1. The number of aromatic amines is 1. The van der Waals surface area contributed by atoms with E-state index in [1.165, 1.54) is 11.7 Å². The van der Waals surface area contributed by atoms with Gasteiger partial charge in [0.2, 0.25) is 0 Å². The van der Waals surface area contributed by atoms with Gasteiger partial charge >= 0.3 is 17.5 Å². The number of halogens is 4. The van der Waals surface area contributed by atoms with Crippen molar-refractivity contribution in [1.29, 1.82) is 5.26 Å². The Morgan fingerprint density at radius 2 is 2.12 bits per heavy atom. The number of nitrogens with zero attached hydrogens (tertiary/aromatic N) is 4. The Hall–Kier alpha value is -4.09. The number of H-pyrrole nitrogens is 1. The highest BCUT2D eigenvalue weighted by molar-refractivity contribution is 7.21. The molecule has 0 atom stereocenters. The van der Waals surface area contributed by atoms with Gasteiger partial charge in [-0.1, -0.05) is 16.3 Å². The van der Waals surface area contributed by atoms with Gasteiger partial charge in [-0.25, -0.2) is 9.78 Å². The molecule has 3 heterocycles. The highest BCUT2D eigenvalue weighted by atomic mass is 35.5. The van der Waals surface area contributed by atoms with Crippen LogP contribution in [0.5, 0.6) is 0 Å². The average Bonchev–Trinajstić information content (AvgIpc) is 3.26. The molecule has 1 aromatic carbocycles. The topological polar surface area (TPSA) is 174 Å². The summed E-state index contributed by atoms with van der Waals surface area (Å²) in [5.74, 6) is -1.24. The van der Waals surface area contributed by atoms with E-state index >= 15 is 0 Å². The number of nitrogen functional groups attached to an aromatic ring is 2. The first-order chi connectivity index (χ1) is 15.9. The summed E-state index contributed by atoms with van der Waals surface area (Å²) in [5, 5.41) is 24.7. The molecule has 0 unspecified atom stereocenters. The molecule has 15 heteroatoms. The number of nitrogens with two attached hydrogens (primary N) is 2. The molecular formula is C19H11ClF3N7O3S. The van der Waals surface area contributed by atoms with E-state index in [4.69, 9.17) is 27.6 Å². The number of nitriles is 1. The molecule has 0 spiro atoms. The molecule has 3 aromatic heterocycles. The fraction of sp³-hybridized carbons (Fsp3) is 0.105. The van der Waals surface area contributed by atoms with E-state index in [1.54, 1.807) is 0 Å². The minimum Gasteiger partial charge on any atom is -0.858 e. The normalized spacial score (nSPS) is 12.3. The van der Waals surface area contributed by atoms with Crippen LogP contribution < -0.4 is 26.9 Å². The summed E-state index contributed by atoms with van der Waals surface area (Å²) in [7, 11) is 1.43. The fourth-order valence-electron chi connectivity index (χ4n) is 3.22. The van der Waals surface area contributed by atoms with Gasteiger partial charge in [0.15, 0.2) is 7.05 Å². The minimum atomic E-state index is -4.67. The Labute approximate surface area is 196 Å². The summed E-state index contributed by atoms with van der Waals surface area (Å²) in [6.07, 6.45) is -4.67. The third kappa shape index (κ3) is 3.70. The third-order valence-corrected chi connectivity index (χ3v) is 6.15. The van der Waals surface area contributed by atoms with Gasteiger partial charge in [0.25, 0.3) is 0 Å². The number of fused-ring (bicyclic) bond motifs is 1. The fourth-order valence-corrected chi connectivity index (χ4v) is 4.38. The highest BCUT2D eigenvalue weighted by Gasteiger charge is 2.32. The second kappa shape index (κ2) is 8.04. The minimum absolute atomic E-state index is 0.0209. The summed E-state index contributed by atoms with van der Waals surface area (Å²) in [5.41, 5.74) is 9.25. The zero-order chi connectivity index (χ0) is 24.9. The molecule has 0 aliphatic carbocycles. The molecule has 0 aliphatic rings. The maximum absolute atomic E-state index is 13.0. The van der Waals surface area contributed by atoms with Crippen molar-refractivity contribution < 1.29 is 27.5 Å². The van der Waals surface area contributed by atoms with E-state index in [0.29, 0.717) is 6.07 Å². The molecule has 0 saturated carbocycles. The Morgan fingerprint density at radius 1 is 1.41 bits per heavy atom. The second-order valence-electron chi connectivity index (χ2n) is 6.85. The van der Waals surface area contributed by atoms with E-state index in [-0.39, 0.29) is 48.4 Å². The van der Waals surface area contributed by atoms with Crippen molar-refractivity contribution in [3.8, 4) is 17.3 Å². The first kappa shape index (κ1) is 23.1. The number of alkyl halides is 3. The molecule has 0 fully saturated rings. The van der Waals surface area contributed by atoms with Gasteiger partial charge in [0, 0.05) is 5.90 Å². The van der Waals surface area contributed by atoms with Gasteiger partial charge in [0.05, 0.1) is 37.8 Å². The molecule has 4 rings (SSSR count). The van der Waals surface area contributed by atoms with Crippen molar-refractivity contribution >= 4 is 56.2 Å². The van der Waals surface area contributed by atoms with Crippen LogP contribution in [0.4, 0.5) is 30.4 Å². The van der Waals surface area contributed by atoms with Crippen molar-refractivity contribution in [3.63, 3.8) is 0 Å². The third-order valence-electron chi connectivity index (χ3n) is 4.75. The van der Waals surface area contributed by atoms with Crippen LogP contribution in [0.15, 0.2) is 32.5 Å². The number of anilines is 2. The lowest BCUT2D eigenvalue weighted by molar-refractivity contribution is -0.730. The maximum atomic E-state index is 13.0. The largest absolute Gasteiger partial charge is 0.858 e. The number of aromatic nitrogens is 3. The van der Waals surface area contributed by atoms with Crippen LogP contribution in [0.1, 0.15) is 16.0 Å². The summed E-state index contributed by atoms with van der Waals surface area (Å²) >= 11 is 6.66. The Balaban J connectivity index is 1.99. The Morgan fingerprint density at radius 3 is 2.71 bits per heavy atom. The van der Waals surface area contributed by atoms with Crippen LogP contribution in [0.25, 0.3) is 21.5 Å². The van der Waals surface area contributed by atoms with Gasteiger partial charge < -0.3 is 16.6 Å². The van der Waals surface area contributed by atoms with Crippen molar-refractivity contribution in [3.05, 3.63) is 49.6 Å². The first-order valence-electron chi connectivity index (χ1n) is 9.06.